The molecule has 2 aromatic heterocycles. The molecule has 0 spiro atoms. The second kappa shape index (κ2) is 7.62. The predicted octanol–water partition coefficient (Wildman–Crippen LogP) is 3.57. The molecular formula is C19H16F2N4O2S2. The van der Waals surface area contributed by atoms with Crippen LogP contribution >= 0.6 is 11.3 Å². The number of rotatable bonds is 6. The van der Waals surface area contributed by atoms with Crippen LogP contribution in [-0.4, -0.2) is 29.6 Å². The van der Waals surface area contributed by atoms with Gasteiger partial charge in [-0.1, -0.05) is 12.1 Å². The quantitative estimate of drug-likeness (QED) is 0.503. The van der Waals surface area contributed by atoms with Crippen LogP contribution in [-0.2, 0) is 16.4 Å². The Morgan fingerprint density at radius 3 is 2.69 bits per heavy atom. The zero-order valence-corrected chi connectivity index (χ0v) is 16.9. The van der Waals surface area contributed by atoms with Gasteiger partial charge in [-0.2, -0.15) is 4.98 Å². The highest BCUT2D eigenvalue weighted by atomic mass is 32.2. The van der Waals surface area contributed by atoms with Gasteiger partial charge in [-0.25, -0.2) is 26.4 Å². The Kier molecular flexibility index (Phi) is 5.15. The molecule has 2 heterocycles. The Bertz CT molecular complexity index is 1300. The van der Waals surface area contributed by atoms with E-state index < -0.39 is 21.7 Å². The van der Waals surface area contributed by atoms with E-state index in [1.807, 2.05) is 5.38 Å². The van der Waals surface area contributed by atoms with Crippen molar-refractivity contribution in [3.63, 3.8) is 0 Å². The van der Waals surface area contributed by atoms with Crippen LogP contribution in [0.3, 0.4) is 0 Å². The molecular weight excluding hydrogens is 418 g/mol. The third-order valence-electron chi connectivity index (χ3n) is 4.38. The number of sulfonamides is 1. The SMILES string of the molecule is Cc1cc(S(=O)(=O)NCCc2csc3nc(-c4ccccc4F)nn23)ccc1F. The van der Waals surface area contributed by atoms with Gasteiger partial charge >= 0.3 is 0 Å². The van der Waals surface area contributed by atoms with Gasteiger partial charge in [0.25, 0.3) is 0 Å². The van der Waals surface area contributed by atoms with Gasteiger partial charge in [0, 0.05) is 18.3 Å². The van der Waals surface area contributed by atoms with Crippen molar-refractivity contribution in [2.24, 2.45) is 0 Å². The largest absolute Gasteiger partial charge is 0.240 e. The lowest BCUT2D eigenvalue weighted by Gasteiger charge is -2.07. The molecule has 6 nitrogen and oxygen atoms in total. The van der Waals surface area contributed by atoms with E-state index in [4.69, 9.17) is 0 Å². The summed E-state index contributed by atoms with van der Waals surface area (Å²) in [6.07, 6.45) is 0.361. The monoisotopic (exact) mass is 434 g/mol. The molecule has 4 rings (SSSR count). The molecule has 0 aliphatic rings. The molecule has 1 N–H and O–H groups in total. The molecule has 0 fully saturated rings. The Hall–Kier alpha value is -2.69. The maximum atomic E-state index is 14.0. The van der Waals surface area contributed by atoms with Crippen molar-refractivity contribution in [3.05, 3.63) is 70.7 Å². The van der Waals surface area contributed by atoms with Crippen LogP contribution in [0.25, 0.3) is 16.3 Å². The molecule has 29 heavy (non-hydrogen) atoms. The third kappa shape index (κ3) is 3.91. The van der Waals surface area contributed by atoms with E-state index in [0.29, 0.717) is 16.9 Å². The number of nitrogens with zero attached hydrogens (tertiary/aromatic N) is 3. The number of thiazole rings is 1. The summed E-state index contributed by atoms with van der Waals surface area (Å²) in [4.78, 5) is 4.94. The fraction of sp³-hybridized carbons (Fsp3) is 0.158. The van der Waals surface area contributed by atoms with E-state index in [2.05, 4.69) is 14.8 Å². The molecule has 2 aromatic carbocycles. The van der Waals surface area contributed by atoms with Gasteiger partial charge in [-0.15, -0.1) is 16.4 Å². The molecule has 0 bridgehead atoms. The second-order valence-electron chi connectivity index (χ2n) is 6.40. The molecule has 0 aliphatic heterocycles. The molecule has 0 saturated carbocycles. The molecule has 0 amide bonds. The molecule has 150 valence electrons. The van der Waals surface area contributed by atoms with Crippen molar-refractivity contribution in [1.29, 1.82) is 0 Å². The minimum Gasteiger partial charge on any atom is -0.211 e. The number of hydrogen-bond acceptors (Lipinski definition) is 5. The number of hydrogen-bond donors (Lipinski definition) is 1. The first-order valence-electron chi connectivity index (χ1n) is 8.69. The zero-order valence-electron chi connectivity index (χ0n) is 15.3. The first kappa shape index (κ1) is 19.6. The standard InChI is InChI=1S/C19H16F2N4O2S2/c1-12-10-14(6-7-16(12)20)29(26,27)22-9-8-13-11-28-19-23-18(24-25(13)19)15-4-2-3-5-17(15)21/h2-7,10-11,22H,8-9H2,1H3. The van der Waals surface area contributed by atoms with E-state index in [-0.39, 0.29) is 22.8 Å². The topological polar surface area (TPSA) is 76.4 Å². The van der Waals surface area contributed by atoms with Gasteiger partial charge < -0.3 is 0 Å². The number of halogens is 2. The zero-order chi connectivity index (χ0) is 20.6. The summed E-state index contributed by atoms with van der Waals surface area (Å²) in [5.41, 5.74) is 1.32. The van der Waals surface area contributed by atoms with Gasteiger partial charge in [-0.05, 0) is 42.8 Å². The maximum absolute atomic E-state index is 14.0. The first-order chi connectivity index (χ1) is 13.8. The van der Waals surface area contributed by atoms with Crippen molar-refractivity contribution in [2.45, 2.75) is 18.2 Å². The summed E-state index contributed by atoms with van der Waals surface area (Å²) in [6.45, 7) is 1.63. The summed E-state index contributed by atoms with van der Waals surface area (Å²) in [5, 5.41) is 6.19. The highest BCUT2D eigenvalue weighted by Crippen LogP contribution is 2.23. The minimum atomic E-state index is -3.76. The van der Waals surface area contributed by atoms with Crippen LogP contribution in [0.15, 0.2) is 52.7 Å². The van der Waals surface area contributed by atoms with Crippen molar-refractivity contribution >= 4 is 26.3 Å². The molecule has 0 radical (unpaired) electrons. The Morgan fingerprint density at radius 1 is 1.14 bits per heavy atom. The summed E-state index contributed by atoms with van der Waals surface area (Å²) in [6, 6.07) is 9.90. The molecule has 0 saturated heterocycles. The van der Waals surface area contributed by atoms with Gasteiger partial charge in [-0.3, -0.25) is 0 Å². The highest BCUT2D eigenvalue weighted by Gasteiger charge is 2.17. The average Bonchev–Trinajstić information content (AvgIpc) is 3.26. The summed E-state index contributed by atoms with van der Waals surface area (Å²) < 4.78 is 56.2. The lowest BCUT2D eigenvalue weighted by atomic mass is 10.2. The van der Waals surface area contributed by atoms with Crippen LogP contribution in [0.5, 0.6) is 0 Å². The fourth-order valence-corrected chi connectivity index (χ4v) is 4.81. The molecule has 0 aliphatic carbocycles. The van der Waals surface area contributed by atoms with Gasteiger partial charge in [0.05, 0.1) is 16.2 Å². The van der Waals surface area contributed by atoms with Crippen LogP contribution < -0.4 is 4.72 Å². The van der Waals surface area contributed by atoms with Crippen molar-refractivity contribution in [1.82, 2.24) is 19.3 Å². The van der Waals surface area contributed by atoms with Crippen molar-refractivity contribution < 1.29 is 17.2 Å². The summed E-state index contributed by atoms with van der Waals surface area (Å²) >= 11 is 1.34. The normalized spacial score (nSPS) is 12.0. The van der Waals surface area contributed by atoms with Crippen LogP contribution in [0.1, 0.15) is 11.3 Å². The fourth-order valence-electron chi connectivity index (χ4n) is 2.83. The van der Waals surface area contributed by atoms with Crippen LogP contribution in [0.4, 0.5) is 8.78 Å². The number of aromatic nitrogens is 3. The maximum Gasteiger partial charge on any atom is 0.240 e. The number of fused-ring (bicyclic) bond motifs is 1. The van der Waals surface area contributed by atoms with E-state index in [1.165, 1.54) is 36.5 Å². The van der Waals surface area contributed by atoms with Crippen molar-refractivity contribution in [3.8, 4) is 11.4 Å². The average molecular weight is 434 g/mol. The van der Waals surface area contributed by atoms with E-state index in [1.54, 1.807) is 22.7 Å². The minimum absolute atomic E-state index is 0.00876. The van der Waals surface area contributed by atoms with Crippen LogP contribution in [0, 0.1) is 18.6 Å². The predicted molar refractivity (Wildman–Crippen MR) is 106 cm³/mol. The number of benzene rings is 2. The number of aryl methyl sites for hydroxylation is 1. The highest BCUT2D eigenvalue weighted by molar-refractivity contribution is 7.89. The van der Waals surface area contributed by atoms with Gasteiger partial charge in [0.15, 0.2) is 5.82 Å². The summed E-state index contributed by atoms with van der Waals surface area (Å²) in [5.74, 6) is -0.588. The molecule has 0 atom stereocenters. The number of nitrogens with one attached hydrogen (secondary N) is 1. The first-order valence-corrected chi connectivity index (χ1v) is 11.1. The lowest BCUT2D eigenvalue weighted by molar-refractivity contribution is 0.579. The molecule has 10 heteroatoms. The Balaban J connectivity index is 1.50. The van der Waals surface area contributed by atoms with Gasteiger partial charge in [0.1, 0.15) is 11.6 Å². The van der Waals surface area contributed by atoms with Crippen molar-refractivity contribution in [2.75, 3.05) is 6.54 Å². The van der Waals surface area contributed by atoms with Gasteiger partial charge in [0.2, 0.25) is 15.0 Å². The third-order valence-corrected chi connectivity index (χ3v) is 6.70. The Labute approximate surface area is 169 Å². The van der Waals surface area contributed by atoms with E-state index >= 15 is 0 Å². The second-order valence-corrected chi connectivity index (χ2v) is 9.00. The molecule has 4 aromatic rings. The smallest absolute Gasteiger partial charge is 0.211 e. The van der Waals surface area contributed by atoms with E-state index in [0.717, 1.165) is 11.8 Å². The van der Waals surface area contributed by atoms with E-state index in [9.17, 15) is 17.2 Å². The Morgan fingerprint density at radius 2 is 1.93 bits per heavy atom. The summed E-state index contributed by atoms with van der Waals surface area (Å²) in [7, 11) is -3.76. The lowest BCUT2D eigenvalue weighted by Crippen LogP contribution is -2.26. The van der Waals surface area contributed by atoms with Crippen LogP contribution in [0.2, 0.25) is 0 Å². The molecule has 0 unspecified atom stereocenters.